The molecular formula is C32H37F3N8OS. The van der Waals surface area contributed by atoms with Gasteiger partial charge >= 0.3 is 6.18 Å². The maximum atomic E-state index is 12.9. The molecule has 1 N–H and O–H groups in total. The number of carbonyl (C=O) groups excluding carboxylic acids is 1. The predicted octanol–water partition coefficient (Wildman–Crippen LogP) is 5.17. The summed E-state index contributed by atoms with van der Waals surface area (Å²) in [4.78, 5) is 27.0. The Morgan fingerprint density at radius 3 is 2.56 bits per heavy atom. The SMILES string of the molecule is Cc1c(CN2CCC(Nc3ncnc4sc(CC(F)(F)F)cc34)CC2)ccc2c1cc(C#N)n2CC(C)N1CCN(C=O)CC1. The topological polar surface area (TPSA) is 93.3 Å². The fourth-order valence-electron chi connectivity index (χ4n) is 6.62. The summed E-state index contributed by atoms with van der Waals surface area (Å²) in [6.07, 6.45) is -1.11. The number of rotatable bonds is 9. The van der Waals surface area contributed by atoms with Crippen LogP contribution in [0.3, 0.4) is 0 Å². The van der Waals surface area contributed by atoms with E-state index in [9.17, 15) is 23.2 Å². The summed E-state index contributed by atoms with van der Waals surface area (Å²) < 4.78 is 40.9. The largest absolute Gasteiger partial charge is 0.393 e. The van der Waals surface area contributed by atoms with Crippen molar-refractivity contribution in [1.82, 2.24) is 29.2 Å². The van der Waals surface area contributed by atoms with Crippen LogP contribution in [0.4, 0.5) is 19.0 Å². The number of benzene rings is 1. The van der Waals surface area contributed by atoms with Crippen LogP contribution >= 0.6 is 11.3 Å². The minimum atomic E-state index is -4.26. The van der Waals surface area contributed by atoms with Crippen molar-refractivity contribution in [2.75, 3.05) is 44.6 Å². The number of hydrogen-bond donors (Lipinski definition) is 1. The van der Waals surface area contributed by atoms with Crippen LogP contribution in [-0.4, -0.2) is 93.2 Å². The number of nitrogens with one attached hydrogen (secondary N) is 1. The number of halogens is 3. The quantitative estimate of drug-likeness (QED) is 0.253. The summed E-state index contributed by atoms with van der Waals surface area (Å²) in [7, 11) is 0. The maximum absolute atomic E-state index is 12.9. The zero-order valence-electron chi connectivity index (χ0n) is 25.5. The number of aryl methyl sites for hydroxylation is 1. The van der Waals surface area contributed by atoms with Gasteiger partial charge in [0.25, 0.3) is 0 Å². The number of amides is 1. The first-order valence-electron chi connectivity index (χ1n) is 15.4. The Morgan fingerprint density at radius 1 is 1.11 bits per heavy atom. The Bertz CT molecular complexity index is 1710. The number of aromatic nitrogens is 3. The molecule has 2 saturated heterocycles. The first kappa shape index (κ1) is 31.3. The van der Waals surface area contributed by atoms with Crippen LogP contribution in [0.25, 0.3) is 21.1 Å². The van der Waals surface area contributed by atoms with Crippen molar-refractivity contribution in [3.8, 4) is 6.07 Å². The standard InChI is InChI=1S/C32H37F3N8OS/c1-21(42-11-9-41(20-44)10-12-42)17-43-25(16-36)13-27-22(2)23(3-4-29(27)43)18-40-7-5-24(6-8-40)39-30-28-14-26(15-32(33,34)35)45-31(28)38-19-37-30/h3-4,13-14,19-21,24H,5-12,15,17-18H2,1-2H3,(H,37,38,39). The Labute approximate surface area is 264 Å². The van der Waals surface area contributed by atoms with Gasteiger partial charge in [-0.3, -0.25) is 14.6 Å². The number of alkyl halides is 3. The van der Waals surface area contributed by atoms with Gasteiger partial charge in [-0.05, 0) is 56.0 Å². The number of piperidine rings is 1. The van der Waals surface area contributed by atoms with Crippen molar-refractivity contribution < 1.29 is 18.0 Å². The van der Waals surface area contributed by atoms with Crippen LogP contribution in [0.2, 0.25) is 0 Å². The second-order valence-corrected chi connectivity index (χ2v) is 13.3. The number of likely N-dealkylation sites (tertiary alicyclic amines) is 1. The van der Waals surface area contributed by atoms with E-state index in [4.69, 9.17) is 0 Å². The molecule has 6 rings (SSSR count). The van der Waals surface area contributed by atoms with Gasteiger partial charge in [0, 0.05) is 80.2 Å². The van der Waals surface area contributed by atoms with E-state index in [2.05, 4.69) is 61.7 Å². The molecule has 4 aromatic rings. The summed E-state index contributed by atoms with van der Waals surface area (Å²) in [5.41, 5.74) is 4.15. The summed E-state index contributed by atoms with van der Waals surface area (Å²) in [5.74, 6) is 0.597. The lowest BCUT2D eigenvalue weighted by Crippen LogP contribution is -2.50. The highest BCUT2D eigenvalue weighted by Gasteiger charge is 2.29. The van der Waals surface area contributed by atoms with Crippen LogP contribution in [0.1, 0.15) is 41.5 Å². The van der Waals surface area contributed by atoms with Gasteiger partial charge in [-0.1, -0.05) is 6.07 Å². The van der Waals surface area contributed by atoms with Crippen LogP contribution in [-0.2, 0) is 24.3 Å². The van der Waals surface area contributed by atoms with Crippen molar-refractivity contribution in [2.24, 2.45) is 0 Å². The zero-order chi connectivity index (χ0) is 31.7. The molecule has 3 aromatic heterocycles. The van der Waals surface area contributed by atoms with E-state index < -0.39 is 12.6 Å². The Balaban J connectivity index is 1.09. The molecule has 45 heavy (non-hydrogen) atoms. The van der Waals surface area contributed by atoms with E-state index in [1.807, 2.05) is 6.07 Å². The average molecular weight is 639 g/mol. The number of carbonyl (C=O) groups is 1. The molecule has 1 unspecified atom stereocenters. The van der Waals surface area contributed by atoms with Crippen molar-refractivity contribution in [3.63, 3.8) is 0 Å². The molecule has 1 amide bonds. The number of thiophene rings is 1. The fourth-order valence-corrected chi connectivity index (χ4v) is 7.65. The van der Waals surface area contributed by atoms with Gasteiger partial charge < -0.3 is 14.8 Å². The van der Waals surface area contributed by atoms with Crippen LogP contribution in [0, 0.1) is 18.3 Å². The third-order valence-electron chi connectivity index (χ3n) is 9.23. The van der Waals surface area contributed by atoms with Gasteiger partial charge in [0.15, 0.2) is 0 Å². The molecule has 238 valence electrons. The molecule has 1 atom stereocenters. The van der Waals surface area contributed by atoms with E-state index in [-0.39, 0.29) is 17.0 Å². The summed E-state index contributed by atoms with van der Waals surface area (Å²) >= 11 is 1.06. The summed E-state index contributed by atoms with van der Waals surface area (Å²) in [5, 5.41) is 15.2. The first-order valence-corrected chi connectivity index (χ1v) is 16.2. The molecule has 13 heteroatoms. The van der Waals surface area contributed by atoms with E-state index in [1.165, 1.54) is 17.5 Å². The van der Waals surface area contributed by atoms with E-state index in [0.29, 0.717) is 28.3 Å². The van der Waals surface area contributed by atoms with Crippen LogP contribution in [0.5, 0.6) is 0 Å². The predicted molar refractivity (Wildman–Crippen MR) is 169 cm³/mol. The minimum absolute atomic E-state index is 0.171. The molecule has 1 aromatic carbocycles. The van der Waals surface area contributed by atoms with E-state index >= 15 is 0 Å². The minimum Gasteiger partial charge on any atom is -0.367 e. The van der Waals surface area contributed by atoms with Crippen LogP contribution < -0.4 is 5.32 Å². The van der Waals surface area contributed by atoms with Crippen molar-refractivity contribution in [2.45, 2.75) is 64.5 Å². The van der Waals surface area contributed by atoms with Gasteiger partial charge in [-0.15, -0.1) is 11.3 Å². The van der Waals surface area contributed by atoms with Gasteiger partial charge in [-0.2, -0.15) is 18.4 Å². The first-order chi connectivity index (χ1) is 21.6. The fraction of sp³-hybridized carbons (Fsp3) is 0.500. The maximum Gasteiger partial charge on any atom is 0.393 e. The summed E-state index contributed by atoms with van der Waals surface area (Å²) in [6, 6.07) is 10.7. The monoisotopic (exact) mass is 638 g/mol. The van der Waals surface area contributed by atoms with Gasteiger partial charge in [0.2, 0.25) is 6.41 Å². The Kier molecular flexibility index (Phi) is 8.99. The molecule has 9 nitrogen and oxygen atoms in total. The Hall–Kier alpha value is -3.73. The van der Waals surface area contributed by atoms with E-state index in [0.717, 1.165) is 87.3 Å². The molecule has 2 fully saturated rings. The molecule has 0 aliphatic carbocycles. The smallest absolute Gasteiger partial charge is 0.367 e. The average Bonchev–Trinajstić information content (AvgIpc) is 3.60. The van der Waals surface area contributed by atoms with Crippen molar-refractivity contribution in [3.05, 3.63) is 52.3 Å². The number of anilines is 1. The van der Waals surface area contributed by atoms with Gasteiger partial charge in [0.05, 0.1) is 11.8 Å². The number of nitriles is 1. The molecule has 2 aliphatic heterocycles. The van der Waals surface area contributed by atoms with Crippen LogP contribution in [0.15, 0.2) is 30.6 Å². The van der Waals surface area contributed by atoms with Crippen molar-refractivity contribution in [1.29, 1.82) is 5.26 Å². The zero-order valence-corrected chi connectivity index (χ0v) is 26.3. The molecule has 0 saturated carbocycles. The third-order valence-corrected chi connectivity index (χ3v) is 10.3. The van der Waals surface area contributed by atoms with Crippen molar-refractivity contribution >= 4 is 44.7 Å². The highest BCUT2D eigenvalue weighted by atomic mass is 32.1. The highest BCUT2D eigenvalue weighted by molar-refractivity contribution is 7.18. The lowest BCUT2D eigenvalue weighted by Gasteiger charge is -2.36. The molecule has 2 aliphatic rings. The second-order valence-electron chi connectivity index (χ2n) is 12.2. The number of nitrogens with zero attached hydrogens (tertiary/aromatic N) is 7. The number of hydrogen-bond acceptors (Lipinski definition) is 8. The van der Waals surface area contributed by atoms with E-state index in [1.54, 1.807) is 11.0 Å². The lowest BCUT2D eigenvalue weighted by atomic mass is 10.0. The molecule has 0 bridgehead atoms. The van der Waals surface area contributed by atoms with Gasteiger partial charge in [0.1, 0.15) is 28.7 Å². The van der Waals surface area contributed by atoms with Gasteiger partial charge in [-0.25, -0.2) is 9.97 Å². The highest BCUT2D eigenvalue weighted by Crippen LogP contribution is 2.33. The lowest BCUT2D eigenvalue weighted by molar-refractivity contribution is -0.126. The number of fused-ring (bicyclic) bond motifs is 2. The molecular weight excluding hydrogens is 601 g/mol. The molecule has 5 heterocycles. The normalized spacial score (nSPS) is 18.0. The molecule has 0 spiro atoms. The molecule has 0 radical (unpaired) electrons. The Morgan fingerprint density at radius 2 is 1.87 bits per heavy atom. The third kappa shape index (κ3) is 6.93. The number of piperazine rings is 1. The summed E-state index contributed by atoms with van der Waals surface area (Å²) in [6.45, 7) is 10.7. The second kappa shape index (κ2) is 12.9.